The first-order valence-electron chi connectivity index (χ1n) is 4.99. The molecule has 0 aliphatic carbocycles. The van der Waals surface area contributed by atoms with Crippen molar-refractivity contribution < 1.29 is 4.74 Å². The van der Waals surface area contributed by atoms with Crippen LogP contribution in [0.5, 0.6) is 5.75 Å². The van der Waals surface area contributed by atoms with Crippen LogP contribution < -0.4 is 10.5 Å². The second-order valence-electron chi connectivity index (χ2n) is 3.32. The van der Waals surface area contributed by atoms with Gasteiger partial charge in [-0.15, -0.1) is 11.8 Å². The van der Waals surface area contributed by atoms with Gasteiger partial charge in [0.25, 0.3) is 0 Å². The standard InChI is InChI=1S/C11H15NOS/c12-6-7-13-10-4-1-5-11-9(10)3-2-8-14-11/h1,4-5H,2-3,6-8,12H2. The molecule has 1 aromatic carbocycles. The van der Waals surface area contributed by atoms with E-state index in [2.05, 4.69) is 12.1 Å². The molecule has 1 aliphatic rings. The van der Waals surface area contributed by atoms with Crippen LogP contribution >= 0.6 is 11.8 Å². The normalized spacial score (nSPS) is 14.9. The molecule has 0 spiro atoms. The van der Waals surface area contributed by atoms with Crippen molar-refractivity contribution >= 4 is 11.8 Å². The van der Waals surface area contributed by atoms with Crippen LogP contribution in [0, 0.1) is 0 Å². The molecular weight excluding hydrogens is 194 g/mol. The van der Waals surface area contributed by atoms with Crippen LogP contribution in [0.2, 0.25) is 0 Å². The van der Waals surface area contributed by atoms with E-state index in [-0.39, 0.29) is 0 Å². The number of hydrogen-bond donors (Lipinski definition) is 1. The molecule has 76 valence electrons. The van der Waals surface area contributed by atoms with Crippen molar-refractivity contribution in [2.75, 3.05) is 18.9 Å². The third-order valence-electron chi connectivity index (χ3n) is 2.29. The first-order chi connectivity index (χ1) is 6.92. The Morgan fingerprint density at radius 3 is 3.21 bits per heavy atom. The SMILES string of the molecule is NCCOc1cccc2c1CCCS2. The summed E-state index contributed by atoms with van der Waals surface area (Å²) in [5.74, 6) is 2.26. The van der Waals surface area contributed by atoms with E-state index in [1.165, 1.54) is 22.6 Å². The summed E-state index contributed by atoms with van der Waals surface area (Å²) < 4.78 is 5.62. The Kier molecular flexibility index (Phi) is 3.32. The predicted octanol–water partition coefficient (Wildman–Crippen LogP) is 2.06. The van der Waals surface area contributed by atoms with Crippen molar-refractivity contribution in [3.63, 3.8) is 0 Å². The monoisotopic (exact) mass is 209 g/mol. The lowest BCUT2D eigenvalue weighted by Crippen LogP contribution is -2.12. The summed E-state index contributed by atoms with van der Waals surface area (Å²) in [4.78, 5) is 1.38. The lowest BCUT2D eigenvalue weighted by Gasteiger charge is -2.18. The average Bonchev–Trinajstić information content (AvgIpc) is 2.26. The molecule has 0 fully saturated rings. The summed E-state index contributed by atoms with van der Waals surface area (Å²) in [7, 11) is 0. The summed E-state index contributed by atoms with van der Waals surface area (Å²) in [5, 5.41) is 0. The first-order valence-corrected chi connectivity index (χ1v) is 5.98. The Balaban J connectivity index is 2.21. The molecule has 0 bridgehead atoms. The van der Waals surface area contributed by atoms with Gasteiger partial charge in [-0.1, -0.05) is 6.07 Å². The van der Waals surface area contributed by atoms with Crippen molar-refractivity contribution in [1.82, 2.24) is 0 Å². The molecule has 14 heavy (non-hydrogen) atoms. The Hall–Kier alpha value is -0.670. The average molecular weight is 209 g/mol. The molecule has 0 saturated heterocycles. The summed E-state index contributed by atoms with van der Waals surface area (Å²) >= 11 is 1.93. The highest BCUT2D eigenvalue weighted by Gasteiger charge is 2.13. The second kappa shape index (κ2) is 4.71. The lowest BCUT2D eigenvalue weighted by molar-refractivity contribution is 0.323. The fourth-order valence-corrected chi connectivity index (χ4v) is 2.72. The zero-order chi connectivity index (χ0) is 9.80. The number of benzene rings is 1. The van der Waals surface area contributed by atoms with Crippen LogP contribution in [-0.2, 0) is 6.42 Å². The van der Waals surface area contributed by atoms with Crippen LogP contribution in [0.15, 0.2) is 23.1 Å². The molecule has 1 heterocycles. The van der Waals surface area contributed by atoms with E-state index in [1.54, 1.807) is 0 Å². The molecule has 3 heteroatoms. The number of nitrogens with two attached hydrogens (primary N) is 1. The van der Waals surface area contributed by atoms with Gasteiger partial charge in [0.05, 0.1) is 0 Å². The molecule has 1 aromatic rings. The quantitative estimate of drug-likeness (QED) is 0.827. The van der Waals surface area contributed by atoms with Gasteiger partial charge >= 0.3 is 0 Å². The minimum Gasteiger partial charge on any atom is -0.492 e. The Morgan fingerprint density at radius 2 is 2.36 bits per heavy atom. The minimum absolute atomic E-state index is 0.580. The summed E-state index contributed by atoms with van der Waals surface area (Å²) in [6, 6.07) is 6.28. The van der Waals surface area contributed by atoms with Gasteiger partial charge in [-0.25, -0.2) is 0 Å². The van der Waals surface area contributed by atoms with E-state index in [0.29, 0.717) is 13.2 Å². The highest BCUT2D eigenvalue weighted by molar-refractivity contribution is 7.99. The fraction of sp³-hybridized carbons (Fsp3) is 0.455. The summed E-state index contributed by atoms with van der Waals surface area (Å²) in [6.45, 7) is 1.19. The molecule has 2 rings (SSSR count). The number of thioether (sulfide) groups is 1. The molecule has 0 aromatic heterocycles. The molecule has 0 atom stereocenters. The van der Waals surface area contributed by atoms with E-state index >= 15 is 0 Å². The van der Waals surface area contributed by atoms with Gasteiger partial charge < -0.3 is 10.5 Å². The molecule has 0 amide bonds. The van der Waals surface area contributed by atoms with Crippen LogP contribution in [0.4, 0.5) is 0 Å². The molecule has 0 saturated carbocycles. The third kappa shape index (κ3) is 2.04. The van der Waals surface area contributed by atoms with Crippen LogP contribution in [0.1, 0.15) is 12.0 Å². The zero-order valence-electron chi connectivity index (χ0n) is 8.16. The molecule has 2 N–H and O–H groups in total. The summed E-state index contributed by atoms with van der Waals surface area (Å²) in [6.07, 6.45) is 2.39. The maximum Gasteiger partial charge on any atom is 0.123 e. The van der Waals surface area contributed by atoms with Crippen LogP contribution in [0.25, 0.3) is 0 Å². The van der Waals surface area contributed by atoms with Gasteiger partial charge in [0.15, 0.2) is 0 Å². The topological polar surface area (TPSA) is 35.2 Å². The molecule has 1 aliphatic heterocycles. The maximum atomic E-state index is 5.62. The zero-order valence-corrected chi connectivity index (χ0v) is 8.98. The van der Waals surface area contributed by atoms with Crippen molar-refractivity contribution in [3.8, 4) is 5.75 Å². The lowest BCUT2D eigenvalue weighted by atomic mass is 10.1. The smallest absolute Gasteiger partial charge is 0.123 e. The number of hydrogen-bond acceptors (Lipinski definition) is 3. The number of ether oxygens (including phenoxy) is 1. The van der Waals surface area contributed by atoms with Crippen LogP contribution in [0.3, 0.4) is 0 Å². The van der Waals surface area contributed by atoms with E-state index in [9.17, 15) is 0 Å². The largest absolute Gasteiger partial charge is 0.492 e. The number of fused-ring (bicyclic) bond motifs is 1. The van der Waals surface area contributed by atoms with E-state index in [1.807, 2.05) is 17.8 Å². The summed E-state index contributed by atoms with van der Waals surface area (Å²) in [5.41, 5.74) is 6.79. The van der Waals surface area contributed by atoms with Gasteiger partial charge in [0.2, 0.25) is 0 Å². The van der Waals surface area contributed by atoms with E-state index < -0.39 is 0 Å². The molecular formula is C11H15NOS. The van der Waals surface area contributed by atoms with Crippen molar-refractivity contribution in [2.24, 2.45) is 5.73 Å². The minimum atomic E-state index is 0.580. The van der Waals surface area contributed by atoms with Gasteiger partial charge in [-0.3, -0.25) is 0 Å². The van der Waals surface area contributed by atoms with Gasteiger partial charge in [-0.2, -0.15) is 0 Å². The first kappa shape index (κ1) is 9.87. The fourth-order valence-electron chi connectivity index (χ4n) is 1.66. The Bertz CT molecular complexity index is 314. The third-order valence-corrected chi connectivity index (χ3v) is 3.48. The molecule has 0 unspecified atom stereocenters. The molecule has 0 radical (unpaired) electrons. The predicted molar refractivity (Wildman–Crippen MR) is 60.0 cm³/mol. The van der Waals surface area contributed by atoms with E-state index in [4.69, 9.17) is 10.5 Å². The van der Waals surface area contributed by atoms with Crippen LogP contribution in [-0.4, -0.2) is 18.9 Å². The molecule has 2 nitrogen and oxygen atoms in total. The van der Waals surface area contributed by atoms with Crippen molar-refractivity contribution in [2.45, 2.75) is 17.7 Å². The van der Waals surface area contributed by atoms with Crippen molar-refractivity contribution in [3.05, 3.63) is 23.8 Å². The second-order valence-corrected chi connectivity index (χ2v) is 4.46. The van der Waals surface area contributed by atoms with Gasteiger partial charge in [0.1, 0.15) is 12.4 Å². The Labute approximate surface area is 88.8 Å². The van der Waals surface area contributed by atoms with Crippen molar-refractivity contribution in [1.29, 1.82) is 0 Å². The van der Waals surface area contributed by atoms with Gasteiger partial charge in [0, 0.05) is 17.0 Å². The van der Waals surface area contributed by atoms with Gasteiger partial charge in [-0.05, 0) is 30.7 Å². The Morgan fingerprint density at radius 1 is 1.43 bits per heavy atom. The highest BCUT2D eigenvalue weighted by atomic mass is 32.2. The number of rotatable bonds is 3. The highest BCUT2D eigenvalue weighted by Crippen LogP contribution is 2.35. The van der Waals surface area contributed by atoms with E-state index in [0.717, 1.165) is 12.2 Å². The maximum absolute atomic E-state index is 5.62.